The Labute approximate surface area is 178 Å². The monoisotopic (exact) mass is 425 g/mol. The summed E-state index contributed by atoms with van der Waals surface area (Å²) >= 11 is 0. The summed E-state index contributed by atoms with van der Waals surface area (Å²) in [4.78, 5) is 32.0. The van der Waals surface area contributed by atoms with Crippen LogP contribution in [-0.4, -0.2) is 47.0 Å². The van der Waals surface area contributed by atoms with Gasteiger partial charge in [-0.15, -0.1) is 0 Å². The number of aryl methyl sites for hydroxylation is 1. The third-order valence-electron chi connectivity index (χ3n) is 4.95. The van der Waals surface area contributed by atoms with Gasteiger partial charge in [-0.05, 0) is 31.9 Å². The Hall–Kier alpha value is -3.82. The van der Waals surface area contributed by atoms with E-state index in [1.807, 2.05) is 0 Å². The van der Waals surface area contributed by atoms with Crippen molar-refractivity contribution in [2.24, 2.45) is 0 Å². The molecule has 10 heteroatoms. The Balaban J connectivity index is 1.72. The number of aromatic amines is 1. The van der Waals surface area contributed by atoms with Gasteiger partial charge in [0.1, 0.15) is 5.82 Å². The minimum atomic E-state index is -0.405. The molecule has 1 amide bonds. The van der Waals surface area contributed by atoms with Gasteiger partial charge in [0.2, 0.25) is 11.7 Å². The molecule has 0 unspecified atom stereocenters. The number of H-pyrrole nitrogens is 1. The molecule has 1 fully saturated rings. The van der Waals surface area contributed by atoms with Crippen LogP contribution in [0.15, 0.2) is 29.1 Å². The van der Waals surface area contributed by atoms with E-state index in [-0.39, 0.29) is 11.5 Å². The van der Waals surface area contributed by atoms with Crippen LogP contribution in [0.25, 0.3) is 5.95 Å². The van der Waals surface area contributed by atoms with Crippen molar-refractivity contribution in [2.75, 3.05) is 26.6 Å². The molecule has 1 aliphatic carbocycles. The number of aromatic nitrogens is 4. The summed E-state index contributed by atoms with van der Waals surface area (Å²) in [6.07, 6.45) is 2.07. The predicted molar refractivity (Wildman–Crippen MR) is 113 cm³/mol. The SMILES string of the molecule is COc1cc(C(=O)Nc2cc(C3CC3)nn2-c2nc(C)cc(=O)[nH]2)cc(OC)c1OC. The molecule has 0 saturated heterocycles. The highest BCUT2D eigenvalue weighted by Crippen LogP contribution is 2.41. The van der Waals surface area contributed by atoms with Crippen LogP contribution in [0.4, 0.5) is 5.82 Å². The summed E-state index contributed by atoms with van der Waals surface area (Å²) in [5, 5.41) is 7.42. The van der Waals surface area contributed by atoms with Crippen LogP contribution in [0.3, 0.4) is 0 Å². The fourth-order valence-corrected chi connectivity index (χ4v) is 3.29. The normalized spacial score (nSPS) is 13.0. The number of carbonyl (C=O) groups is 1. The molecule has 31 heavy (non-hydrogen) atoms. The number of hydrogen-bond donors (Lipinski definition) is 2. The molecule has 1 aliphatic rings. The fourth-order valence-electron chi connectivity index (χ4n) is 3.29. The molecular weight excluding hydrogens is 402 g/mol. The number of carbonyl (C=O) groups excluding carboxylic acids is 1. The second-order valence-corrected chi connectivity index (χ2v) is 7.22. The van der Waals surface area contributed by atoms with Gasteiger partial charge in [0.15, 0.2) is 11.5 Å². The summed E-state index contributed by atoms with van der Waals surface area (Å²) in [6.45, 7) is 1.72. The number of rotatable bonds is 7. The highest BCUT2D eigenvalue weighted by molar-refractivity contribution is 6.04. The number of anilines is 1. The lowest BCUT2D eigenvalue weighted by molar-refractivity contribution is 0.102. The first kappa shape index (κ1) is 20.5. The van der Waals surface area contributed by atoms with Gasteiger partial charge in [0.25, 0.3) is 11.5 Å². The van der Waals surface area contributed by atoms with Gasteiger partial charge in [0.05, 0.1) is 27.0 Å². The van der Waals surface area contributed by atoms with Crippen LogP contribution in [-0.2, 0) is 0 Å². The molecule has 162 valence electrons. The van der Waals surface area contributed by atoms with Crippen molar-refractivity contribution in [3.8, 4) is 23.2 Å². The highest BCUT2D eigenvalue weighted by Gasteiger charge is 2.28. The zero-order valence-corrected chi connectivity index (χ0v) is 17.7. The van der Waals surface area contributed by atoms with E-state index in [1.165, 1.54) is 32.1 Å². The topological polar surface area (TPSA) is 120 Å². The van der Waals surface area contributed by atoms with Gasteiger partial charge in [0, 0.05) is 29.3 Å². The molecule has 2 N–H and O–H groups in total. The van der Waals surface area contributed by atoms with E-state index in [4.69, 9.17) is 14.2 Å². The maximum Gasteiger partial charge on any atom is 0.257 e. The molecule has 2 aromatic heterocycles. The summed E-state index contributed by atoms with van der Waals surface area (Å²) < 4.78 is 17.4. The summed E-state index contributed by atoms with van der Waals surface area (Å²) in [5.41, 5.74) is 1.39. The Morgan fingerprint density at radius 3 is 2.32 bits per heavy atom. The summed E-state index contributed by atoms with van der Waals surface area (Å²) in [6, 6.07) is 6.32. The average molecular weight is 425 g/mol. The number of methoxy groups -OCH3 is 3. The van der Waals surface area contributed by atoms with Crippen molar-refractivity contribution in [1.82, 2.24) is 19.7 Å². The minimum Gasteiger partial charge on any atom is -0.493 e. The van der Waals surface area contributed by atoms with E-state index in [0.29, 0.717) is 40.2 Å². The minimum absolute atomic E-state index is 0.233. The van der Waals surface area contributed by atoms with Crippen LogP contribution >= 0.6 is 0 Å². The first-order chi connectivity index (χ1) is 14.9. The summed E-state index contributed by atoms with van der Waals surface area (Å²) in [7, 11) is 4.46. The molecule has 0 aliphatic heterocycles. The first-order valence-electron chi connectivity index (χ1n) is 9.73. The standard InChI is InChI=1S/C21H23N5O5/c1-11-7-18(27)24-21(22-11)26-17(10-14(25-26)12-5-6-12)23-20(28)13-8-15(29-2)19(31-4)16(9-13)30-3/h7-10,12H,5-6H2,1-4H3,(H,23,28)(H,22,24,27). The van der Waals surface area contributed by atoms with Gasteiger partial charge in [-0.25, -0.2) is 4.98 Å². The Bertz CT molecular complexity index is 1170. The fraction of sp³-hybridized carbons (Fsp3) is 0.333. The molecule has 3 aromatic rings. The molecule has 0 spiro atoms. The van der Waals surface area contributed by atoms with Crippen molar-refractivity contribution < 1.29 is 19.0 Å². The zero-order chi connectivity index (χ0) is 22.1. The Morgan fingerprint density at radius 1 is 1.10 bits per heavy atom. The maximum absolute atomic E-state index is 13.1. The van der Waals surface area contributed by atoms with Crippen molar-refractivity contribution in [3.63, 3.8) is 0 Å². The molecule has 0 bridgehead atoms. The van der Waals surface area contributed by atoms with Crippen LogP contribution in [0, 0.1) is 6.92 Å². The quantitative estimate of drug-likeness (QED) is 0.596. The van der Waals surface area contributed by atoms with E-state index >= 15 is 0 Å². The number of ether oxygens (including phenoxy) is 3. The van der Waals surface area contributed by atoms with E-state index < -0.39 is 5.91 Å². The van der Waals surface area contributed by atoms with Crippen molar-refractivity contribution in [2.45, 2.75) is 25.7 Å². The van der Waals surface area contributed by atoms with Crippen molar-refractivity contribution in [1.29, 1.82) is 0 Å². The average Bonchev–Trinajstić information content (AvgIpc) is 3.52. The van der Waals surface area contributed by atoms with Gasteiger partial charge < -0.3 is 19.5 Å². The maximum atomic E-state index is 13.1. The third kappa shape index (κ3) is 4.09. The second kappa shape index (κ2) is 8.13. The van der Waals surface area contributed by atoms with Gasteiger partial charge >= 0.3 is 0 Å². The number of amides is 1. The third-order valence-corrected chi connectivity index (χ3v) is 4.95. The lowest BCUT2D eigenvalue weighted by Crippen LogP contribution is -2.19. The lowest BCUT2D eigenvalue weighted by Gasteiger charge is -2.14. The van der Waals surface area contributed by atoms with Crippen LogP contribution < -0.4 is 25.1 Å². The van der Waals surface area contributed by atoms with Gasteiger partial charge in [-0.3, -0.25) is 14.6 Å². The van der Waals surface area contributed by atoms with Crippen molar-refractivity contribution >= 4 is 11.7 Å². The number of nitrogens with zero attached hydrogens (tertiary/aromatic N) is 3. The largest absolute Gasteiger partial charge is 0.493 e. The molecular formula is C21H23N5O5. The van der Waals surface area contributed by atoms with E-state index in [0.717, 1.165) is 18.5 Å². The Morgan fingerprint density at radius 2 is 1.77 bits per heavy atom. The van der Waals surface area contributed by atoms with E-state index in [2.05, 4.69) is 20.4 Å². The molecule has 1 aromatic carbocycles. The lowest BCUT2D eigenvalue weighted by atomic mass is 10.1. The smallest absolute Gasteiger partial charge is 0.257 e. The molecule has 0 radical (unpaired) electrons. The second-order valence-electron chi connectivity index (χ2n) is 7.22. The number of hydrogen-bond acceptors (Lipinski definition) is 7. The van der Waals surface area contributed by atoms with E-state index in [1.54, 1.807) is 25.1 Å². The van der Waals surface area contributed by atoms with Crippen LogP contribution in [0.5, 0.6) is 17.2 Å². The number of nitrogens with one attached hydrogen (secondary N) is 2. The van der Waals surface area contributed by atoms with Crippen molar-refractivity contribution in [3.05, 3.63) is 51.6 Å². The zero-order valence-electron chi connectivity index (χ0n) is 17.7. The highest BCUT2D eigenvalue weighted by atomic mass is 16.5. The molecule has 4 rings (SSSR count). The van der Waals surface area contributed by atoms with Crippen LogP contribution in [0.2, 0.25) is 0 Å². The number of benzene rings is 1. The van der Waals surface area contributed by atoms with Gasteiger partial charge in [-0.2, -0.15) is 9.78 Å². The molecule has 10 nitrogen and oxygen atoms in total. The molecule has 0 atom stereocenters. The van der Waals surface area contributed by atoms with E-state index in [9.17, 15) is 9.59 Å². The van der Waals surface area contributed by atoms with Crippen LogP contribution in [0.1, 0.15) is 40.5 Å². The molecule has 1 saturated carbocycles. The summed E-state index contributed by atoms with van der Waals surface area (Å²) in [5.74, 6) is 1.69. The molecule has 2 heterocycles. The van der Waals surface area contributed by atoms with Gasteiger partial charge in [-0.1, -0.05) is 0 Å². The Kier molecular flexibility index (Phi) is 5.37. The first-order valence-corrected chi connectivity index (χ1v) is 9.73. The predicted octanol–water partition coefficient (Wildman–Crippen LogP) is 2.42.